The zero-order valence-corrected chi connectivity index (χ0v) is 15.1. The quantitative estimate of drug-likeness (QED) is 0.633. The van der Waals surface area contributed by atoms with Crippen molar-refractivity contribution in [1.29, 1.82) is 0 Å². The third-order valence-corrected chi connectivity index (χ3v) is 4.30. The molecular formula is C15H13ClIN5O. The number of amides is 1. The van der Waals surface area contributed by atoms with Gasteiger partial charge in [0.15, 0.2) is 0 Å². The molecule has 0 radical (unpaired) electrons. The van der Waals surface area contributed by atoms with Gasteiger partial charge in [0.05, 0.1) is 28.2 Å². The summed E-state index contributed by atoms with van der Waals surface area (Å²) in [7, 11) is 1.74. The van der Waals surface area contributed by atoms with Crippen LogP contribution in [0.3, 0.4) is 0 Å². The number of carbonyl (C=O) groups is 1. The van der Waals surface area contributed by atoms with Gasteiger partial charge in [-0.15, -0.1) is 0 Å². The molecule has 2 heterocycles. The molecule has 0 aliphatic carbocycles. The predicted octanol–water partition coefficient (Wildman–Crippen LogP) is 3.18. The molecule has 0 fully saturated rings. The van der Waals surface area contributed by atoms with Crippen molar-refractivity contribution in [3.05, 3.63) is 62.7 Å². The van der Waals surface area contributed by atoms with Gasteiger partial charge in [0.25, 0.3) is 5.91 Å². The van der Waals surface area contributed by atoms with Gasteiger partial charge in [0, 0.05) is 18.3 Å². The van der Waals surface area contributed by atoms with E-state index in [9.17, 15) is 4.79 Å². The van der Waals surface area contributed by atoms with Gasteiger partial charge in [-0.2, -0.15) is 10.2 Å². The Morgan fingerprint density at radius 2 is 2.00 bits per heavy atom. The van der Waals surface area contributed by atoms with Crippen LogP contribution in [0.2, 0.25) is 5.02 Å². The average molecular weight is 442 g/mol. The minimum absolute atomic E-state index is 0.208. The number of carbonyl (C=O) groups excluding carboxylic acids is 1. The number of aromatic nitrogens is 4. The number of nitrogens with one attached hydrogen (secondary N) is 1. The lowest BCUT2D eigenvalue weighted by molar-refractivity contribution is 0.101. The second-order valence-corrected chi connectivity index (χ2v) is 6.57. The third kappa shape index (κ3) is 3.73. The zero-order chi connectivity index (χ0) is 16.4. The van der Waals surface area contributed by atoms with Gasteiger partial charge in [-0.1, -0.05) is 23.7 Å². The van der Waals surface area contributed by atoms with Gasteiger partial charge in [0.2, 0.25) is 0 Å². The largest absolute Gasteiger partial charge is 0.318 e. The topological polar surface area (TPSA) is 64.7 Å². The lowest BCUT2D eigenvalue weighted by Crippen LogP contribution is -2.17. The lowest BCUT2D eigenvalue weighted by Gasteiger charge is -2.04. The van der Waals surface area contributed by atoms with Crippen LogP contribution in [0.4, 0.5) is 5.69 Å². The minimum Gasteiger partial charge on any atom is -0.318 e. The van der Waals surface area contributed by atoms with E-state index in [0.29, 0.717) is 22.9 Å². The predicted molar refractivity (Wildman–Crippen MR) is 96.7 cm³/mol. The van der Waals surface area contributed by atoms with Gasteiger partial charge in [-0.3, -0.25) is 14.2 Å². The van der Waals surface area contributed by atoms with Gasteiger partial charge in [0.1, 0.15) is 5.69 Å². The van der Waals surface area contributed by atoms with Crippen molar-refractivity contribution in [1.82, 2.24) is 19.6 Å². The van der Waals surface area contributed by atoms with E-state index >= 15 is 0 Å². The van der Waals surface area contributed by atoms with Gasteiger partial charge < -0.3 is 5.32 Å². The molecule has 0 atom stereocenters. The third-order valence-electron chi connectivity index (χ3n) is 3.26. The summed E-state index contributed by atoms with van der Waals surface area (Å²) in [5.41, 5.74) is 2.24. The summed E-state index contributed by atoms with van der Waals surface area (Å²) in [5.74, 6) is -0.208. The molecule has 0 saturated carbocycles. The molecule has 1 N–H and O–H groups in total. The van der Waals surface area contributed by atoms with Crippen molar-refractivity contribution >= 4 is 45.8 Å². The second-order valence-electron chi connectivity index (χ2n) is 4.97. The van der Waals surface area contributed by atoms with Crippen LogP contribution in [-0.4, -0.2) is 25.5 Å². The number of hydrogen-bond acceptors (Lipinski definition) is 3. The highest BCUT2D eigenvalue weighted by atomic mass is 127. The molecule has 0 bridgehead atoms. The van der Waals surface area contributed by atoms with Crippen molar-refractivity contribution in [2.75, 3.05) is 5.32 Å². The van der Waals surface area contributed by atoms with Crippen molar-refractivity contribution in [2.45, 2.75) is 6.54 Å². The number of rotatable bonds is 4. The molecule has 3 rings (SSSR count). The maximum atomic E-state index is 12.3. The van der Waals surface area contributed by atoms with E-state index in [0.717, 1.165) is 9.13 Å². The molecule has 0 aliphatic heterocycles. The Balaban J connectivity index is 1.70. The number of aryl methyl sites for hydroxylation is 1. The number of anilines is 1. The Kier molecular flexibility index (Phi) is 4.67. The second kappa shape index (κ2) is 6.71. The molecule has 0 spiro atoms. The molecule has 6 nitrogen and oxygen atoms in total. The van der Waals surface area contributed by atoms with Crippen molar-refractivity contribution in [3.63, 3.8) is 0 Å². The SMILES string of the molecule is Cn1ncc(I)c1C(=O)Nc1cnn(Cc2ccc(Cl)cc2)c1. The van der Waals surface area contributed by atoms with Gasteiger partial charge in [-0.25, -0.2) is 0 Å². The summed E-state index contributed by atoms with van der Waals surface area (Å²) in [4.78, 5) is 12.3. The Morgan fingerprint density at radius 3 is 2.65 bits per heavy atom. The van der Waals surface area contributed by atoms with Crippen molar-refractivity contribution < 1.29 is 4.79 Å². The summed E-state index contributed by atoms with van der Waals surface area (Å²) < 4.78 is 4.11. The summed E-state index contributed by atoms with van der Waals surface area (Å²) in [5, 5.41) is 11.9. The molecule has 3 aromatic rings. The van der Waals surface area contributed by atoms with Gasteiger partial charge >= 0.3 is 0 Å². The van der Waals surface area contributed by atoms with Crippen LogP contribution in [0.25, 0.3) is 0 Å². The normalized spacial score (nSPS) is 10.7. The van der Waals surface area contributed by atoms with E-state index < -0.39 is 0 Å². The highest BCUT2D eigenvalue weighted by Crippen LogP contribution is 2.15. The Labute approximate surface area is 151 Å². The fourth-order valence-electron chi connectivity index (χ4n) is 2.15. The van der Waals surface area contributed by atoms with E-state index in [1.807, 2.05) is 24.3 Å². The number of hydrogen-bond donors (Lipinski definition) is 1. The molecule has 8 heteroatoms. The molecule has 0 aliphatic rings. The zero-order valence-electron chi connectivity index (χ0n) is 12.2. The van der Waals surface area contributed by atoms with Crippen LogP contribution >= 0.6 is 34.2 Å². The summed E-state index contributed by atoms with van der Waals surface area (Å²) in [6.45, 7) is 0.607. The highest BCUT2D eigenvalue weighted by Gasteiger charge is 2.15. The fraction of sp³-hybridized carbons (Fsp3) is 0.133. The Hall–Kier alpha value is -1.87. The number of benzene rings is 1. The van der Waals surface area contributed by atoms with Crippen LogP contribution in [0.1, 0.15) is 16.1 Å². The maximum Gasteiger partial charge on any atom is 0.275 e. The van der Waals surface area contributed by atoms with E-state index in [2.05, 4.69) is 38.1 Å². The first-order valence-electron chi connectivity index (χ1n) is 6.78. The van der Waals surface area contributed by atoms with Crippen LogP contribution in [0.5, 0.6) is 0 Å². The fourth-order valence-corrected chi connectivity index (χ4v) is 2.99. The van der Waals surface area contributed by atoms with E-state index in [-0.39, 0.29) is 5.91 Å². The first kappa shape index (κ1) is 16.0. The van der Waals surface area contributed by atoms with Crippen LogP contribution in [0, 0.1) is 3.57 Å². The lowest BCUT2D eigenvalue weighted by atomic mass is 10.2. The first-order valence-corrected chi connectivity index (χ1v) is 8.24. The first-order chi connectivity index (χ1) is 11.0. The van der Waals surface area contributed by atoms with Crippen molar-refractivity contribution in [2.24, 2.45) is 7.05 Å². The molecule has 0 unspecified atom stereocenters. The summed E-state index contributed by atoms with van der Waals surface area (Å²) >= 11 is 7.96. The van der Waals surface area contributed by atoms with E-state index in [4.69, 9.17) is 11.6 Å². The maximum absolute atomic E-state index is 12.3. The van der Waals surface area contributed by atoms with Crippen LogP contribution in [0.15, 0.2) is 42.9 Å². The molecule has 2 aromatic heterocycles. The summed E-state index contributed by atoms with van der Waals surface area (Å²) in [6.07, 6.45) is 5.06. The van der Waals surface area contributed by atoms with E-state index in [1.165, 1.54) is 0 Å². The highest BCUT2D eigenvalue weighted by molar-refractivity contribution is 14.1. The van der Waals surface area contributed by atoms with Crippen LogP contribution < -0.4 is 5.32 Å². The molecule has 118 valence electrons. The monoisotopic (exact) mass is 441 g/mol. The molecule has 0 saturated heterocycles. The van der Waals surface area contributed by atoms with Gasteiger partial charge in [-0.05, 0) is 40.3 Å². The average Bonchev–Trinajstić information content (AvgIpc) is 3.08. The standard InChI is InChI=1S/C15H13ClIN5O/c1-21-14(13(17)7-18-21)15(23)20-12-6-19-22(9-12)8-10-2-4-11(16)5-3-10/h2-7,9H,8H2,1H3,(H,20,23). The molecule has 23 heavy (non-hydrogen) atoms. The Bertz CT molecular complexity index is 820. The van der Waals surface area contributed by atoms with Crippen LogP contribution in [-0.2, 0) is 13.6 Å². The van der Waals surface area contributed by atoms with E-state index in [1.54, 1.807) is 35.0 Å². The number of halogens is 2. The number of nitrogens with zero attached hydrogens (tertiary/aromatic N) is 4. The summed E-state index contributed by atoms with van der Waals surface area (Å²) in [6, 6.07) is 7.57. The molecule has 1 amide bonds. The Morgan fingerprint density at radius 1 is 1.26 bits per heavy atom. The molecule has 1 aromatic carbocycles. The smallest absolute Gasteiger partial charge is 0.275 e. The molecular weight excluding hydrogens is 429 g/mol. The van der Waals surface area contributed by atoms with Crippen molar-refractivity contribution in [3.8, 4) is 0 Å². The minimum atomic E-state index is -0.208.